The minimum absolute atomic E-state index is 0.0293. The minimum atomic E-state index is -0.123. The van der Waals surface area contributed by atoms with Crippen LogP contribution in [0.15, 0.2) is 39.1 Å². The van der Waals surface area contributed by atoms with Crippen LogP contribution < -0.4 is 10.9 Å². The van der Waals surface area contributed by atoms with Gasteiger partial charge in [-0.25, -0.2) is 4.98 Å². The number of benzene rings is 1. The molecule has 1 atom stereocenters. The summed E-state index contributed by atoms with van der Waals surface area (Å²) in [5, 5.41) is 4.41. The van der Waals surface area contributed by atoms with E-state index in [2.05, 4.69) is 17.2 Å². The molecule has 1 aliphatic heterocycles. The van der Waals surface area contributed by atoms with Gasteiger partial charge in [0.1, 0.15) is 0 Å². The standard InChI is InChI=1S/C17H18ClN3O2S2/c1-10-7-13-15(25-10)16(23)21(2)17(20-13)24-9-14(22)19-8-11-5-3-4-6-12(11)18/h3-6,10H,7-9H2,1-2H3,(H,19,22). The number of amides is 1. The smallest absolute Gasteiger partial charge is 0.267 e. The Morgan fingerprint density at radius 3 is 3.00 bits per heavy atom. The fraction of sp³-hybridized carbons (Fsp3) is 0.353. The average Bonchev–Trinajstić information content (AvgIpc) is 2.96. The largest absolute Gasteiger partial charge is 0.351 e. The zero-order valence-corrected chi connectivity index (χ0v) is 16.3. The quantitative estimate of drug-likeness (QED) is 0.623. The van der Waals surface area contributed by atoms with Crippen molar-refractivity contribution in [2.75, 3.05) is 5.75 Å². The number of nitrogens with zero attached hydrogens (tertiary/aromatic N) is 2. The van der Waals surface area contributed by atoms with Crippen LogP contribution in [0.5, 0.6) is 0 Å². The first-order valence-corrected chi connectivity index (χ1v) is 10.1. The molecular weight excluding hydrogens is 378 g/mol. The summed E-state index contributed by atoms with van der Waals surface area (Å²) in [5.41, 5.74) is 1.69. The van der Waals surface area contributed by atoms with Crippen molar-refractivity contribution in [1.82, 2.24) is 14.9 Å². The molecular formula is C17H18ClN3O2S2. The van der Waals surface area contributed by atoms with Crippen LogP contribution in [0.3, 0.4) is 0 Å². The first-order valence-electron chi connectivity index (χ1n) is 7.85. The van der Waals surface area contributed by atoms with E-state index < -0.39 is 0 Å². The molecule has 0 radical (unpaired) electrons. The Morgan fingerprint density at radius 2 is 2.24 bits per heavy atom. The highest BCUT2D eigenvalue weighted by molar-refractivity contribution is 8.00. The molecule has 25 heavy (non-hydrogen) atoms. The molecule has 0 bridgehead atoms. The van der Waals surface area contributed by atoms with Crippen molar-refractivity contribution in [2.45, 2.75) is 35.2 Å². The van der Waals surface area contributed by atoms with E-state index in [9.17, 15) is 9.59 Å². The minimum Gasteiger partial charge on any atom is -0.351 e. The Kier molecular flexibility index (Phi) is 5.76. The summed E-state index contributed by atoms with van der Waals surface area (Å²) >= 11 is 8.93. The third-order valence-corrected chi connectivity index (χ3v) is 6.46. The molecule has 0 aliphatic carbocycles. The zero-order valence-electron chi connectivity index (χ0n) is 13.9. The summed E-state index contributed by atoms with van der Waals surface area (Å²) in [5.74, 6) is 0.0778. The molecule has 1 aliphatic rings. The fourth-order valence-corrected chi connectivity index (χ4v) is 4.68. The van der Waals surface area contributed by atoms with E-state index >= 15 is 0 Å². The van der Waals surface area contributed by atoms with E-state index in [0.717, 1.165) is 22.6 Å². The van der Waals surface area contributed by atoms with E-state index in [0.29, 0.717) is 22.0 Å². The molecule has 2 heterocycles. The van der Waals surface area contributed by atoms with E-state index in [1.807, 2.05) is 18.2 Å². The van der Waals surface area contributed by atoms with Crippen molar-refractivity contribution in [3.8, 4) is 0 Å². The van der Waals surface area contributed by atoms with Gasteiger partial charge in [0.05, 0.1) is 16.3 Å². The Morgan fingerprint density at radius 1 is 1.48 bits per heavy atom. The molecule has 0 spiro atoms. The van der Waals surface area contributed by atoms with Crippen molar-refractivity contribution in [2.24, 2.45) is 7.05 Å². The Bertz CT molecular complexity index is 869. The normalized spacial score (nSPS) is 15.9. The maximum Gasteiger partial charge on any atom is 0.267 e. The predicted octanol–water partition coefficient (Wildman–Crippen LogP) is 2.88. The Labute approximate surface area is 159 Å². The molecule has 1 amide bonds. The van der Waals surface area contributed by atoms with Gasteiger partial charge in [-0.2, -0.15) is 0 Å². The number of fused-ring (bicyclic) bond motifs is 1. The Balaban J connectivity index is 1.61. The van der Waals surface area contributed by atoms with Gasteiger partial charge >= 0.3 is 0 Å². The number of aromatic nitrogens is 2. The highest BCUT2D eigenvalue weighted by Crippen LogP contribution is 2.33. The van der Waals surface area contributed by atoms with Crippen LogP contribution in [-0.4, -0.2) is 26.5 Å². The van der Waals surface area contributed by atoms with Gasteiger partial charge in [-0.3, -0.25) is 14.2 Å². The summed E-state index contributed by atoms with van der Waals surface area (Å²) in [6.45, 7) is 2.46. The van der Waals surface area contributed by atoms with Gasteiger partial charge in [-0.05, 0) is 11.6 Å². The number of hydrogen-bond donors (Lipinski definition) is 1. The van der Waals surface area contributed by atoms with E-state index in [1.165, 1.54) is 16.3 Å². The van der Waals surface area contributed by atoms with Crippen molar-refractivity contribution in [3.63, 3.8) is 0 Å². The van der Waals surface area contributed by atoms with Gasteiger partial charge in [0, 0.05) is 30.3 Å². The second kappa shape index (κ2) is 7.85. The fourth-order valence-electron chi connectivity index (χ4n) is 2.52. The molecule has 3 rings (SSSR count). The van der Waals surface area contributed by atoms with Gasteiger partial charge in [0.2, 0.25) is 5.91 Å². The van der Waals surface area contributed by atoms with Crippen LogP contribution >= 0.6 is 35.1 Å². The van der Waals surface area contributed by atoms with E-state index in [-0.39, 0.29) is 17.2 Å². The Hall–Kier alpha value is -1.44. The third-order valence-electron chi connectivity index (χ3n) is 3.84. The molecule has 132 valence electrons. The molecule has 0 saturated heterocycles. The molecule has 8 heteroatoms. The van der Waals surface area contributed by atoms with Crippen molar-refractivity contribution >= 4 is 41.0 Å². The highest BCUT2D eigenvalue weighted by atomic mass is 35.5. The maximum atomic E-state index is 12.4. The average molecular weight is 396 g/mol. The van der Waals surface area contributed by atoms with Crippen LogP contribution in [-0.2, 0) is 24.8 Å². The first kappa shape index (κ1) is 18.4. The SMILES string of the molecule is CC1Cc2nc(SCC(=O)NCc3ccccc3Cl)n(C)c(=O)c2S1. The number of halogens is 1. The van der Waals surface area contributed by atoms with Crippen LogP contribution in [0, 0.1) is 0 Å². The molecule has 0 saturated carbocycles. The first-order chi connectivity index (χ1) is 12.0. The van der Waals surface area contributed by atoms with E-state index in [1.54, 1.807) is 24.9 Å². The summed E-state index contributed by atoms with van der Waals surface area (Å²) in [6.07, 6.45) is 0.794. The van der Waals surface area contributed by atoms with Gasteiger partial charge in [0.15, 0.2) is 5.16 Å². The van der Waals surface area contributed by atoms with Crippen LogP contribution in [0.25, 0.3) is 0 Å². The lowest BCUT2D eigenvalue weighted by molar-refractivity contribution is -0.118. The summed E-state index contributed by atoms with van der Waals surface area (Å²) in [4.78, 5) is 29.8. The third kappa shape index (κ3) is 4.22. The van der Waals surface area contributed by atoms with Gasteiger partial charge in [-0.1, -0.05) is 48.5 Å². The molecule has 5 nitrogen and oxygen atoms in total. The van der Waals surface area contributed by atoms with Gasteiger partial charge in [0.25, 0.3) is 5.56 Å². The lowest BCUT2D eigenvalue weighted by Gasteiger charge is -2.10. The predicted molar refractivity (Wildman–Crippen MR) is 103 cm³/mol. The van der Waals surface area contributed by atoms with Crippen LogP contribution in [0.4, 0.5) is 0 Å². The maximum absolute atomic E-state index is 12.4. The number of carbonyl (C=O) groups is 1. The second-order valence-electron chi connectivity index (χ2n) is 5.82. The lowest BCUT2D eigenvalue weighted by Crippen LogP contribution is -2.26. The number of thioether (sulfide) groups is 2. The molecule has 1 N–H and O–H groups in total. The monoisotopic (exact) mass is 395 g/mol. The number of hydrogen-bond acceptors (Lipinski definition) is 5. The molecule has 0 fully saturated rings. The number of carbonyl (C=O) groups excluding carboxylic acids is 1. The zero-order chi connectivity index (χ0) is 18.0. The summed E-state index contributed by atoms with van der Waals surface area (Å²) in [6, 6.07) is 7.40. The van der Waals surface area contributed by atoms with Crippen molar-refractivity contribution in [3.05, 3.63) is 50.9 Å². The van der Waals surface area contributed by atoms with Crippen molar-refractivity contribution in [1.29, 1.82) is 0 Å². The second-order valence-corrected chi connectivity index (χ2v) is 8.62. The van der Waals surface area contributed by atoms with Crippen molar-refractivity contribution < 1.29 is 4.79 Å². The number of rotatable bonds is 5. The molecule has 1 aromatic carbocycles. The molecule has 2 aromatic rings. The highest BCUT2D eigenvalue weighted by Gasteiger charge is 2.25. The lowest BCUT2D eigenvalue weighted by atomic mass is 10.2. The van der Waals surface area contributed by atoms with E-state index in [4.69, 9.17) is 11.6 Å². The molecule has 1 unspecified atom stereocenters. The molecule has 1 aromatic heterocycles. The summed E-state index contributed by atoms with van der Waals surface area (Å²) < 4.78 is 1.52. The summed E-state index contributed by atoms with van der Waals surface area (Å²) in [7, 11) is 1.70. The van der Waals surface area contributed by atoms with Crippen LogP contribution in [0.2, 0.25) is 5.02 Å². The topological polar surface area (TPSA) is 64.0 Å². The number of nitrogens with one attached hydrogen (secondary N) is 1. The van der Waals surface area contributed by atoms with Gasteiger partial charge < -0.3 is 5.32 Å². The van der Waals surface area contributed by atoms with Gasteiger partial charge in [-0.15, -0.1) is 11.8 Å². The van der Waals surface area contributed by atoms with Crippen LogP contribution in [0.1, 0.15) is 18.2 Å².